The number of amides is 1. The van der Waals surface area contributed by atoms with Crippen LogP contribution >= 0.6 is 0 Å². The van der Waals surface area contributed by atoms with Crippen LogP contribution in [0.3, 0.4) is 0 Å². The molecule has 0 aromatic rings. The van der Waals surface area contributed by atoms with E-state index in [4.69, 9.17) is 57.2 Å². The third-order valence-electron chi connectivity index (χ3n) is 8.07. The number of hydrogen-bond donors (Lipinski definition) is 2. The Balaban J connectivity index is 0. The summed E-state index contributed by atoms with van der Waals surface area (Å²) in [5, 5.41) is 11.1. The van der Waals surface area contributed by atoms with E-state index in [0.717, 1.165) is 7.11 Å². The Morgan fingerprint density at radius 2 is 0.983 bits per heavy atom. The zero-order chi connectivity index (χ0) is 43.9. The number of aliphatic hydroxyl groups excluding tert-OH is 1. The van der Waals surface area contributed by atoms with Crippen LogP contribution in [0, 0.1) is 23.2 Å². The van der Waals surface area contributed by atoms with Gasteiger partial charge in [0.2, 0.25) is 5.91 Å². The van der Waals surface area contributed by atoms with Crippen LogP contribution in [0.4, 0.5) is 0 Å². The Hall–Kier alpha value is -1.57. The van der Waals surface area contributed by atoms with E-state index in [2.05, 4.69) is 5.32 Å². The molecule has 0 fully saturated rings. The van der Waals surface area contributed by atoms with Gasteiger partial charge in [-0.2, -0.15) is 0 Å². The van der Waals surface area contributed by atoms with Crippen molar-refractivity contribution in [3.8, 4) is 0 Å². The van der Waals surface area contributed by atoms with Crippen LogP contribution in [0.5, 0.6) is 0 Å². The Morgan fingerprint density at radius 3 is 1.32 bits per heavy atom. The second kappa shape index (κ2) is 35.0. The topological polar surface area (TPSA) is 259 Å². The first kappa shape index (κ1) is 59.5. The maximum atomic E-state index is 13.8. The van der Waals surface area contributed by atoms with Gasteiger partial charge in [-0.1, -0.05) is 13.8 Å². The van der Waals surface area contributed by atoms with Gasteiger partial charge in [-0.05, 0) is 34.1 Å². The average Bonchev–Trinajstić information content (AvgIpc) is 3.15. The molecule has 0 saturated carbocycles. The van der Waals surface area contributed by atoms with Crippen molar-refractivity contribution in [2.24, 2.45) is 23.2 Å². The van der Waals surface area contributed by atoms with Gasteiger partial charge in [0.1, 0.15) is 6.61 Å². The number of ether oxygens (including phenoxy) is 11. The van der Waals surface area contributed by atoms with Crippen molar-refractivity contribution in [3.05, 3.63) is 0 Å². The van der Waals surface area contributed by atoms with E-state index in [0.29, 0.717) is 92.3 Å². The fraction of sp³-hybridized carbons (Fsp3) is 0.892. The first-order valence-electron chi connectivity index (χ1n) is 19.3. The number of hydrogen-bond acceptors (Lipinski definition) is 19. The second-order valence-corrected chi connectivity index (χ2v) is 15.4. The first-order valence-corrected chi connectivity index (χ1v) is 20.9. The van der Waals surface area contributed by atoms with Gasteiger partial charge < -0.3 is 67.1 Å². The number of methoxy groups -OCH3 is 1. The van der Waals surface area contributed by atoms with Crippen molar-refractivity contribution in [1.82, 2.24) is 5.32 Å². The number of aliphatic hydroxyl groups is 1. The van der Waals surface area contributed by atoms with Crippen molar-refractivity contribution < 1.29 is 119 Å². The van der Waals surface area contributed by atoms with Gasteiger partial charge in [0.05, 0.1) is 165 Å². The molecule has 1 amide bonds. The Bertz CT molecular complexity index is 1240. The molecule has 0 aromatic heterocycles. The molecule has 3 atom stereocenters. The van der Waals surface area contributed by atoms with E-state index in [-0.39, 0.29) is 69.2 Å². The molecular weight excluding hydrogens is 817 g/mol. The minimum Gasteiger partial charge on any atom is -0.748 e. The van der Waals surface area contributed by atoms with E-state index in [9.17, 15) is 32.1 Å². The maximum absolute atomic E-state index is 13.8. The summed E-state index contributed by atoms with van der Waals surface area (Å²) in [6.07, 6.45) is 0.425. The molecule has 0 rings (SSSR count). The molecule has 0 heterocycles. The molecule has 2 N–H and O–H groups in total. The Morgan fingerprint density at radius 1 is 0.627 bits per heavy atom. The predicted octanol–water partition coefficient (Wildman–Crippen LogP) is -2.88. The molecule has 59 heavy (non-hydrogen) atoms. The number of rotatable bonds is 38. The third-order valence-corrected chi connectivity index (χ3v) is 9.15. The standard InChI is InChI=1S/C37H69NO19S.Na/c1-8-10-56-34(42)31(37(5,6)35(43)47-7)30(32(40)38-36(3,4)28-58(44,45)46)29(2)33(41)57-27-26-55-25-24-54-23-22-53-21-20-52-19-18-51-17-16-50-15-14-49-13-12-48-11-9-39;/h29-31,39H,8-28H2,1-7H3,(H,38,40)(H,44,45,46);/q;+1/p-1. The molecule has 0 spiro atoms. The molecule has 3 unspecified atom stereocenters. The summed E-state index contributed by atoms with van der Waals surface area (Å²) in [5.74, 6) is -9.23. The van der Waals surface area contributed by atoms with Gasteiger partial charge in [-0.25, -0.2) is 8.42 Å². The van der Waals surface area contributed by atoms with E-state index in [1.54, 1.807) is 6.92 Å². The Kier molecular flexibility index (Phi) is 35.3. The first-order chi connectivity index (χ1) is 27.4. The number of nitrogens with one attached hydrogen (secondary N) is 1. The van der Waals surface area contributed by atoms with Crippen molar-refractivity contribution >= 4 is 33.9 Å². The van der Waals surface area contributed by atoms with Gasteiger partial charge in [0.15, 0.2) is 0 Å². The molecule has 342 valence electrons. The fourth-order valence-electron chi connectivity index (χ4n) is 5.32. The van der Waals surface area contributed by atoms with E-state index < -0.39 is 68.4 Å². The summed E-state index contributed by atoms with van der Waals surface area (Å²) in [7, 11) is -3.69. The minimum absolute atomic E-state index is 0. The molecule has 0 bridgehead atoms. The maximum Gasteiger partial charge on any atom is 1.00 e. The number of esters is 3. The van der Waals surface area contributed by atoms with Crippen LogP contribution < -0.4 is 34.9 Å². The van der Waals surface area contributed by atoms with Crippen molar-refractivity contribution in [2.75, 3.05) is 138 Å². The molecule has 0 aromatic carbocycles. The SMILES string of the molecule is CCCOC(=O)C(C(C(=O)NC(C)(C)CS(=O)(=O)[O-])C(C)C(=O)OCCOCCOCCOCCOCCOCCOCCOCCOCCO)C(C)(C)C(=O)OC.[Na+]. The smallest absolute Gasteiger partial charge is 0.748 e. The largest absolute Gasteiger partial charge is 1.00 e. The number of carbonyl (C=O) groups is 4. The zero-order valence-corrected chi connectivity index (χ0v) is 39.1. The van der Waals surface area contributed by atoms with Gasteiger partial charge in [-0.3, -0.25) is 19.2 Å². The predicted molar refractivity (Wildman–Crippen MR) is 205 cm³/mol. The summed E-state index contributed by atoms with van der Waals surface area (Å²) in [4.78, 5) is 53.4. The second-order valence-electron chi connectivity index (χ2n) is 14.0. The summed E-state index contributed by atoms with van der Waals surface area (Å²) in [6.45, 7) is 13.7. The fourth-order valence-corrected chi connectivity index (χ4v) is 6.28. The van der Waals surface area contributed by atoms with E-state index in [1.165, 1.54) is 34.6 Å². The monoisotopic (exact) mass is 885 g/mol. The summed E-state index contributed by atoms with van der Waals surface area (Å²) in [6, 6.07) is 0. The van der Waals surface area contributed by atoms with Crippen LogP contribution in [-0.4, -0.2) is 186 Å². The molecular formula is C37H68NNaO19S. The van der Waals surface area contributed by atoms with E-state index in [1.807, 2.05) is 0 Å². The average molecular weight is 886 g/mol. The van der Waals surface area contributed by atoms with Gasteiger partial charge >= 0.3 is 47.5 Å². The van der Waals surface area contributed by atoms with Crippen molar-refractivity contribution in [3.63, 3.8) is 0 Å². The van der Waals surface area contributed by atoms with Crippen molar-refractivity contribution in [2.45, 2.75) is 53.5 Å². The van der Waals surface area contributed by atoms with Crippen LogP contribution in [0.25, 0.3) is 0 Å². The third kappa shape index (κ3) is 29.4. The molecule has 0 radical (unpaired) electrons. The summed E-state index contributed by atoms with van der Waals surface area (Å²) >= 11 is 0. The molecule has 0 aliphatic carbocycles. The zero-order valence-electron chi connectivity index (χ0n) is 36.3. The molecule has 22 heteroatoms. The van der Waals surface area contributed by atoms with Crippen LogP contribution in [0.15, 0.2) is 0 Å². The molecule has 0 aliphatic heterocycles. The number of carbonyl (C=O) groups excluding carboxylic acids is 4. The molecule has 0 aliphatic rings. The Labute approximate surface area is 371 Å². The van der Waals surface area contributed by atoms with Crippen molar-refractivity contribution in [1.29, 1.82) is 0 Å². The van der Waals surface area contributed by atoms with Crippen LogP contribution in [0.2, 0.25) is 0 Å². The normalized spacial score (nSPS) is 13.5. The van der Waals surface area contributed by atoms with Gasteiger partial charge in [0, 0.05) is 5.54 Å². The molecule has 0 saturated heterocycles. The molecule has 20 nitrogen and oxygen atoms in total. The summed E-state index contributed by atoms with van der Waals surface area (Å²) < 4.78 is 93.2. The van der Waals surface area contributed by atoms with Gasteiger partial charge in [-0.15, -0.1) is 0 Å². The summed E-state index contributed by atoms with van der Waals surface area (Å²) in [5.41, 5.74) is -3.30. The van der Waals surface area contributed by atoms with Crippen LogP contribution in [0.1, 0.15) is 48.0 Å². The quantitative estimate of drug-likeness (QED) is 0.0208. The minimum atomic E-state index is -4.79. The van der Waals surface area contributed by atoms with Gasteiger partial charge in [0.25, 0.3) is 0 Å². The van der Waals surface area contributed by atoms with Crippen LogP contribution in [-0.2, 0) is 81.4 Å². The van der Waals surface area contributed by atoms with E-state index >= 15 is 0 Å².